The predicted molar refractivity (Wildman–Crippen MR) is 52.5 cm³/mol. The van der Waals surface area contributed by atoms with E-state index in [-0.39, 0.29) is 6.61 Å². The summed E-state index contributed by atoms with van der Waals surface area (Å²) in [4.78, 5) is 0.757. The highest BCUT2D eigenvalue weighted by molar-refractivity contribution is 9.10. The average molecular weight is 249 g/mol. The Morgan fingerprint density at radius 1 is 1.33 bits per heavy atom. The van der Waals surface area contributed by atoms with Gasteiger partial charge in [0.2, 0.25) is 0 Å². The third-order valence-corrected chi connectivity index (χ3v) is 3.23. The summed E-state index contributed by atoms with van der Waals surface area (Å²) >= 11 is 3.29. The van der Waals surface area contributed by atoms with E-state index >= 15 is 0 Å². The molecule has 0 saturated heterocycles. The van der Waals surface area contributed by atoms with Gasteiger partial charge in [0.1, 0.15) is 0 Å². The van der Waals surface area contributed by atoms with Gasteiger partial charge in [0.05, 0.1) is 23.2 Å². The molecule has 0 fully saturated rings. The van der Waals surface area contributed by atoms with Crippen molar-refractivity contribution in [1.82, 2.24) is 0 Å². The Labute approximate surface area is 82.2 Å². The van der Waals surface area contributed by atoms with E-state index in [2.05, 4.69) is 15.9 Å². The molecule has 12 heavy (non-hydrogen) atoms. The summed E-state index contributed by atoms with van der Waals surface area (Å²) in [6.45, 7) is -0.0390. The summed E-state index contributed by atoms with van der Waals surface area (Å²) in [5.74, 6) is 0.307. The molecule has 0 radical (unpaired) electrons. The zero-order valence-corrected chi connectivity index (χ0v) is 8.77. The molecule has 1 atom stereocenters. The van der Waals surface area contributed by atoms with Crippen LogP contribution in [0.25, 0.3) is 0 Å². The lowest BCUT2D eigenvalue weighted by Crippen LogP contribution is -2.01. The van der Waals surface area contributed by atoms with Gasteiger partial charge in [0, 0.05) is 9.37 Å². The van der Waals surface area contributed by atoms with Crippen LogP contribution in [0.1, 0.15) is 0 Å². The quantitative estimate of drug-likeness (QED) is 0.882. The van der Waals surface area contributed by atoms with Crippen LogP contribution in [0.5, 0.6) is 0 Å². The zero-order chi connectivity index (χ0) is 8.97. The van der Waals surface area contributed by atoms with Gasteiger partial charge in [-0.05, 0) is 24.3 Å². The van der Waals surface area contributed by atoms with E-state index in [0.29, 0.717) is 5.75 Å². The molecule has 0 aromatic heterocycles. The SMILES string of the molecule is O=S(CCO)c1ccc(Br)cc1. The normalized spacial score (nSPS) is 12.8. The Bertz CT molecular complexity index is 271. The molecule has 1 N–H and O–H groups in total. The minimum atomic E-state index is -1.06. The summed E-state index contributed by atoms with van der Waals surface area (Å²) in [6.07, 6.45) is 0. The van der Waals surface area contributed by atoms with Crippen molar-refractivity contribution in [1.29, 1.82) is 0 Å². The van der Waals surface area contributed by atoms with Crippen LogP contribution in [0.4, 0.5) is 0 Å². The molecule has 4 heteroatoms. The fourth-order valence-corrected chi connectivity index (χ4v) is 1.89. The highest BCUT2D eigenvalue weighted by Crippen LogP contribution is 2.13. The first-order valence-electron chi connectivity index (χ1n) is 3.49. The van der Waals surface area contributed by atoms with Gasteiger partial charge in [-0.1, -0.05) is 15.9 Å². The van der Waals surface area contributed by atoms with Crippen molar-refractivity contribution in [3.63, 3.8) is 0 Å². The molecule has 1 aromatic rings. The molecule has 0 aliphatic heterocycles. The highest BCUT2D eigenvalue weighted by atomic mass is 79.9. The first-order chi connectivity index (χ1) is 5.74. The second-order valence-corrected chi connectivity index (χ2v) is 4.71. The average Bonchev–Trinajstić information content (AvgIpc) is 2.06. The van der Waals surface area contributed by atoms with Crippen molar-refractivity contribution in [2.24, 2.45) is 0 Å². The maximum Gasteiger partial charge on any atom is 0.0552 e. The standard InChI is InChI=1S/C8H9BrO2S/c9-7-1-3-8(4-2-7)12(11)6-5-10/h1-4,10H,5-6H2. The Morgan fingerprint density at radius 2 is 1.92 bits per heavy atom. The van der Waals surface area contributed by atoms with Crippen LogP contribution >= 0.6 is 15.9 Å². The van der Waals surface area contributed by atoms with E-state index < -0.39 is 10.8 Å². The molecule has 0 saturated carbocycles. The Kier molecular flexibility index (Phi) is 3.91. The molecule has 0 heterocycles. The lowest BCUT2D eigenvalue weighted by atomic mass is 10.4. The third-order valence-electron chi connectivity index (χ3n) is 1.35. The minimum absolute atomic E-state index is 0.0390. The van der Waals surface area contributed by atoms with Crippen LogP contribution in [0.2, 0.25) is 0 Å². The second-order valence-electron chi connectivity index (χ2n) is 2.23. The lowest BCUT2D eigenvalue weighted by molar-refractivity contribution is 0.321. The van der Waals surface area contributed by atoms with Gasteiger partial charge in [0.25, 0.3) is 0 Å². The number of aliphatic hydroxyl groups excluding tert-OH is 1. The molecule has 1 aromatic carbocycles. The first kappa shape index (κ1) is 9.89. The predicted octanol–water partition coefficient (Wildman–Crippen LogP) is 1.55. The molecule has 0 bridgehead atoms. The number of halogens is 1. The molecule has 66 valence electrons. The van der Waals surface area contributed by atoms with Crippen molar-refractivity contribution >= 4 is 26.7 Å². The fourth-order valence-electron chi connectivity index (χ4n) is 0.787. The molecule has 0 amide bonds. The molecular weight excluding hydrogens is 240 g/mol. The number of rotatable bonds is 3. The van der Waals surface area contributed by atoms with Gasteiger partial charge in [-0.25, -0.2) is 0 Å². The summed E-state index contributed by atoms with van der Waals surface area (Å²) in [6, 6.07) is 7.25. The van der Waals surface area contributed by atoms with Crippen LogP contribution in [-0.4, -0.2) is 21.7 Å². The van der Waals surface area contributed by atoms with E-state index in [1.165, 1.54) is 0 Å². The van der Waals surface area contributed by atoms with Gasteiger partial charge < -0.3 is 5.11 Å². The summed E-state index contributed by atoms with van der Waals surface area (Å²) in [5, 5.41) is 8.55. The van der Waals surface area contributed by atoms with Crippen LogP contribution in [0.3, 0.4) is 0 Å². The van der Waals surface area contributed by atoms with Gasteiger partial charge in [-0.2, -0.15) is 0 Å². The second kappa shape index (κ2) is 4.74. The molecule has 0 spiro atoms. The molecule has 1 rings (SSSR count). The van der Waals surface area contributed by atoms with Gasteiger partial charge in [-0.3, -0.25) is 4.21 Å². The van der Waals surface area contributed by atoms with Crippen molar-refractivity contribution in [2.45, 2.75) is 4.90 Å². The molecule has 0 aliphatic rings. The van der Waals surface area contributed by atoms with Crippen LogP contribution < -0.4 is 0 Å². The van der Waals surface area contributed by atoms with E-state index in [0.717, 1.165) is 9.37 Å². The summed E-state index contributed by atoms with van der Waals surface area (Å²) in [5.41, 5.74) is 0. The van der Waals surface area contributed by atoms with E-state index in [4.69, 9.17) is 5.11 Å². The maximum atomic E-state index is 11.3. The summed E-state index contributed by atoms with van der Waals surface area (Å²) < 4.78 is 12.3. The smallest absolute Gasteiger partial charge is 0.0552 e. The largest absolute Gasteiger partial charge is 0.395 e. The number of hydrogen-bond donors (Lipinski definition) is 1. The topological polar surface area (TPSA) is 37.3 Å². The Hall–Kier alpha value is -0.190. The van der Waals surface area contributed by atoms with Gasteiger partial charge >= 0.3 is 0 Å². The molecule has 0 aliphatic carbocycles. The van der Waals surface area contributed by atoms with E-state index in [9.17, 15) is 4.21 Å². The third kappa shape index (κ3) is 2.69. The van der Waals surface area contributed by atoms with Crippen LogP contribution in [-0.2, 0) is 10.8 Å². The van der Waals surface area contributed by atoms with E-state index in [1.807, 2.05) is 12.1 Å². The van der Waals surface area contributed by atoms with Crippen molar-refractivity contribution in [3.05, 3.63) is 28.7 Å². The van der Waals surface area contributed by atoms with Crippen LogP contribution in [0.15, 0.2) is 33.6 Å². The monoisotopic (exact) mass is 248 g/mol. The fraction of sp³-hybridized carbons (Fsp3) is 0.250. The zero-order valence-electron chi connectivity index (χ0n) is 6.37. The maximum absolute atomic E-state index is 11.3. The lowest BCUT2D eigenvalue weighted by Gasteiger charge is -1.98. The molecule has 1 unspecified atom stereocenters. The molecular formula is C8H9BrO2S. The van der Waals surface area contributed by atoms with E-state index in [1.54, 1.807) is 12.1 Å². The van der Waals surface area contributed by atoms with Crippen molar-refractivity contribution < 1.29 is 9.32 Å². The Balaban J connectivity index is 2.75. The van der Waals surface area contributed by atoms with Gasteiger partial charge in [-0.15, -0.1) is 0 Å². The number of benzene rings is 1. The first-order valence-corrected chi connectivity index (χ1v) is 5.60. The summed E-state index contributed by atoms with van der Waals surface area (Å²) in [7, 11) is -1.06. The molecule has 2 nitrogen and oxygen atoms in total. The van der Waals surface area contributed by atoms with Crippen molar-refractivity contribution in [2.75, 3.05) is 12.4 Å². The highest BCUT2D eigenvalue weighted by Gasteiger charge is 2.01. The minimum Gasteiger partial charge on any atom is -0.395 e. The Morgan fingerprint density at radius 3 is 2.42 bits per heavy atom. The number of aliphatic hydroxyl groups is 1. The van der Waals surface area contributed by atoms with Crippen LogP contribution in [0, 0.1) is 0 Å². The number of hydrogen-bond acceptors (Lipinski definition) is 2. The van der Waals surface area contributed by atoms with Gasteiger partial charge in [0.15, 0.2) is 0 Å². The van der Waals surface area contributed by atoms with Crippen molar-refractivity contribution in [3.8, 4) is 0 Å².